The van der Waals surface area contributed by atoms with Crippen molar-refractivity contribution >= 4 is 49.1 Å². The Morgan fingerprint density at radius 2 is 1.63 bits per heavy atom. The molecule has 5 heteroatoms. The summed E-state index contributed by atoms with van der Waals surface area (Å²) in [7, 11) is 0. The summed E-state index contributed by atoms with van der Waals surface area (Å²) >= 11 is 12.8. The van der Waals surface area contributed by atoms with Crippen molar-refractivity contribution < 1.29 is 5.11 Å². The topological polar surface area (TPSA) is 32.3 Å². The number of anilines is 1. The average molecular weight is 406 g/mol. The van der Waals surface area contributed by atoms with Gasteiger partial charge in [0.15, 0.2) is 0 Å². The fourth-order valence-electron chi connectivity index (χ4n) is 1.67. The van der Waals surface area contributed by atoms with Gasteiger partial charge in [0.25, 0.3) is 0 Å². The van der Waals surface area contributed by atoms with Crippen LogP contribution < -0.4 is 5.32 Å². The summed E-state index contributed by atoms with van der Waals surface area (Å²) in [6.07, 6.45) is -0.587. The first-order chi connectivity index (χ1) is 9.08. The molecular formula is C14H12Br2ClNO. The fourth-order valence-corrected chi connectivity index (χ4v) is 3.07. The number of nitrogens with one attached hydrogen (secondary N) is 1. The predicted molar refractivity (Wildman–Crippen MR) is 86.7 cm³/mol. The molecule has 1 unspecified atom stereocenters. The first-order valence-corrected chi connectivity index (χ1v) is 7.65. The molecule has 0 saturated heterocycles. The van der Waals surface area contributed by atoms with Gasteiger partial charge >= 0.3 is 0 Å². The molecule has 0 aromatic heterocycles. The molecule has 2 nitrogen and oxygen atoms in total. The normalized spacial score (nSPS) is 12.2. The molecule has 2 aromatic carbocycles. The van der Waals surface area contributed by atoms with Crippen LogP contribution in [0.5, 0.6) is 0 Å². The van der Waals surface area contributed by atoms with Gasteiger partial charge in [0.2, 0.25) is 0 Å². The molecule has 100 valence electrons. The Balaban J connectivity index is 2.04. The summed E-state index contributed by atoms with van der Waals surface area (Å²) in [5, 5.41) is 14.0. The van der Waals surface area contributed by atoms with E-state index >= 15 is 0 Å². The van der Waals surface area contributed by atoms with Crippen LogP contribution in [0.4, 0.5) is 5.69 Å². The Kier molecular flexibility index (Phi) is 5.28. The second-order valence-corrected chi connectivity index (χ2v) is 6.19. The minimum atomic E-state index is -0.587. The van der Waals surface area contributed by atoms with Crippen LogP contribution in [0.3, 0.4) is 0 Å². The minimum Gasteiger partial charge on any atom is -0.387 e. The molecule has 0 aliphatic heterocycles. The van der Waals surface area contributed by atoms with E-state index in [1.54, 1.807) is 12.1 Å². The van der Waals surface area contributed by atoms with E-state index in [4.69, 9.17) is 11.6 Å². The van der Waals surface area contributed by atoms with E-state index in [1.165, 1.54) is 0 Å². The Morgan fingerprint density at radius 1 is 1.05 bits per heavy atom. The summed E-state index contributed by atoms with van der Waals surface area (Å²) in [4.78, 5) is 0. The van der Waals surface area contributed by atoms with E-state index in [9.17, 15) is 5.11 Å². The number of hydrogen-bond donors (Lipinski definition) is 2. The lowest BCUT2D eigenvalue weighted by Crippen LogP contribution is -2.12. The lowest BCUT2D eigenvalue weighted by molar-refractivity contribution is 0.191. The van der Waals surface area contributed by atoms with Gasteiger partial charge in [0.1, 0.15) is 0 Å². The molecule has 0 saturated carbocycles. The van der Waals surface area contributed by atoms with E-state index in [0.717, 1.165) is 20.2 Å². The van der Waals surface area contributed by atoms with Crippen molar-refractivity contribution in [3.05, 3.63) is 62.0 Å². The van der Waals surface area contributed by atoms with Gasteiger partial charge in [-0.2, -0.15) is 0 Å². The van der Waals surface area contributed by atoms with Crippen LogP contribution in [0, 0.1) is 0 Å². The second-order valence-electron chi connectivity index (χ2n) is 4.04. The van der Waals surface area contributed by atoms with Crippen LogP contribution >= 0.6 is 43.5 Å². The molecule has 19 heavy (non-hydrogen) atoms. The standard InChI is InChI=1S/C14H12Br2ClNO/c15-11-2-1-3-12(16)14(11)18-8-13(19)9-4-6-10(17)7-5-9/h1-7,13,18-19H,8H2. The van der Waals surface area contributed by atoms with Crippen LogP contribution in [0.15, 0.2) is 51.4 Å². The molecule has 0 fully saturated rings. The first kappa shape index (κ1) is 14.9. The van der Waals surface area contributed by atoms with Gasteiger partial charge in [0.05, 0.1) is 11.8 Å². The lowest BCUT2D eigenvalue weighted by atomic mass is 10.1. The maximum atomic E-state index is 10.1. The fraction of sp³-hybridized carbons (Fsp3) is 0.143. The third-order valence-electron chi connectivity index (χ3n) is 2.69. The zero-order chi connectivity index (χ0) is 13.8. The van der Waals surface area contributed by atoms with Gasteiger partial charge in [-0.1, -0.05) is 29.8 Å². The van der Waals surface area contributed by atoms with Crippen molar-refractivity contribution in [1.82, 2.24) is 0 Å². The number of aliphatic hydroxyl groups excluding tert-OH is 1. The number of benzene rings is 2. The zero-order valence-corrected chi connectivity index (χ0v) is 13.8. The number of halogens is 3. The van der Waals surface area contributed by atoms with Crippen molar-refractivity contribution in [3.63, 3.8) is 0 Å². The molecule has 2 rings (SSSR count). The summed E-state index contributed by atoms with van der Waals surface area (Å²) in [5.41, 5.74) is 1.76. The van der Waals surface area contributed by atoms with Crippen molar-refractivity contribution in [3.8, 4) is 0 Å². The smallest absolute Gasteiger partial charge is 0.0962 e. The average Bonchev–Trinajstić information content (AvgIpc) is 2.38. The molecule has 0 bridgehead atoms. The molecule has 2 N–H and O–H groups in total. The molecule has 0 spiro atoms. The van der Waals surface area contributed by atoms with Gasteiger partial charge in [-0.3, -0.25) is 0 Å². The van der Waals surface area contributed by atoms with Gasteiger partial charge in [-0.05, 0) is 61.7 Å². The molecular weight excluding hydrogens is 393 g/mol. The monoisotopic (exact) mass is 403 g/mol. The Hall–Kier alpha value is -0.550. The van der Waals surface area contributed by atoms with Gasteiger partial charge in [-0.15, -0.1) is 0 Å². The van der Waals surface area contributed by atoms with Crippen LogP contribution in [0.25, 0.3) is 0 Å². The molecule has 0 heterocycles. The third-order valence-corrected chi connectivity index (χ3v) is 4.26. The molecule has 0 amide bonds. The van der Waals surface area contributed by atoms with E-state index in [1.807, 2.05) is 30.3 Å². The van der Waals surface area contributed by atoms with E-state index in [0.29, 0.717) is 11.6 Å². The molecule has 0 aliphatic rings. The zero-order valence-electron chi connectivity index (χ0n) is 9.91. The van der Waals surface area contributed by atoms with Gasteiger partial charge in [0, 0.05) is 20.5 Å². The van der Waals surface area contributed by atoms with E-state index < -0.39 is 6.10 Å². The van der Waals surface area contributed by atoms with Crippen LogP contribution in [0.2, 0.25) is 5.02 Å². The van der Waals surface area contributed by atoms with Crippen molar-refractivity contribution in [1.29, 1.82) is 0 Å². The Bertz CT molecular complexity index is 540. The Morgan fingerprint density at radius 3 is 2.21 bits per heavy atom. The van der Waals surface area contributed by atoms with Crippen LogP contribution in [-0.2, 0) is 0 Å². The summed E-state index contributed by atoms with van der Waals surface area (Å²) in [6.45, 7) is 0.419. The van der Waals surface area contributed by atoms with E-state index in [-0.39, 0.29) is 0 Å². The largest absolute Gasteiger partial charge is 0.387 e. The van der Waals surface area contributed by atoms with E-state index in [2.05, 4.69) is 37.2 Å². The number of aliphatic hydroxyl groups is 1. The quantitative estimate of drug-likeness (QED) is 0.749. The summed E-state index contributed by atoms with van der Waals surface area (Å²) in [6, 6.07) is 13.0. The third kappa shape index (κ3) is 3.96. The number of rotatable bonds is 4. The SMILES string of the molecule is OC(CNc1c(Br)cccc1Br)c1ccc(Cl)cc1. The van der Waals surface area contributed by atoms with Crippen molar-refractivity contribution in [2.24, 2.45) is 0 Å². The molecule has 1 atom stereocenters. The maximum Gasteiger partial charge on any atom is 0.0962 e. The molecule has 0 radical (unpaired) electrons. The Labute approximate surface area is 134 Å². The highest BCUT2D eigenvalue weighted by atomic mass is 79.9. The minimum absolute atomic E-state index is 0.419. The van der Waals surface area contributed by atoms with Gasteiger partial charge in [-0.25, -0.2) is 0 Å². The highest BCUT2D eigenvalue weighted by Gasteiger charge is 2.09. The number of hydrogen-bond acceptors (Lipinski definition) is 2. The lowest BCUT2D eigenvalue weighted by Gasteiger charge is -2.15. The van der Waals surface area contributed by atoms with Gasteiger partial charge < -0.3 is 10.4 Å². The maximum absolute atomic E-state index is 10.1. The van der Waals surface area contributed by atoms with Crippen LogP contribution in [-0.4, -0.2) is 11.7 Å². The number of para-hydroxylation sites is 1. The molecule has 0 aliphatic carbocycles. The van der Waals surface area contributed by atoms with Crippen molar-refractivity contribution in [2.75, 3.05) is 11.9 Å². The van der Waals surface area contributed by atoms with Crippen LogP contribution in [0.1, 0.15) is 11.7 Å². The highest BCUT2D eigenvalue weighted by Crippen LogP contribution is 2.31. The second kappa shape index (κ2) is 6.75. The first-order valence-electron chi connectivity index (χ1n) is 5.69. The van der Waals surface area contributed by atoms with Crippen molar-refractivity contribution in [2.45, 2.75) is 6.10 Å². The summed E-state index contributed by atoms with van der Waals surface area (Å²) in [5.74, 6) is 0. The predicted octanol–water partition coefficient (Wildman–Crippen LogP) is 5.01. The summed E-state index contributed by atoms with van der Waals surface area (Å²) < 4.78 is 1.90. The molecule has 2 aromatic rings. The highest BCUT2D eigenvalue weighted by molar-refractivity contribution is 9.11.